The molecule has 0 spiro atoms. The second-order valence-corrected chi connectivity index (χ2v) is 6.74. The summed E-state index contributed by atoms with van der Waals surface area (Å²) in [5.74, 6) is -0.246. The van der Waals surface area contributed by atoms with E-state index < -0.39 is 0 Å². The second kappa shape index (κ2) is 6.43. The van der Waals surface area contributed by atoms with Crippen LogP contribution in [0, 0.1) is 6.92 Å². The van der Waals surface area contributed by atoms with E-state index in [2.05, 4.69) is 20.3 Å². The molecule has 0 aromatic carbocycles. The first-order chi connectivity index (χ1) is 11.0. The molecule has 0 bridgehead atoms. The van der Waals surface area contributed by atoms with Gasteiger partial charge in [0, 0.05) is 19.3 Å². The zero-order chi connectivity index (χ0) is 16.4. The third kappa shape index (κ3) is 3.54. The van der Waals surface area contributed by atoms with Crippen LogP contribution in [0.25, 0.3) is 6.08 Å². The molecule has 2 aromatic heterocycles. The molecule has 0 aliphatic carbocycles. The van der Waals surface area contributed by atoms with E-state index in [-0.39, 0.29) is 11.7 Å². The SMILES string of the molecule is CC(=O)c1sc(/N=C2\NC(=O)/C(=C/c3cccnc3)S2)nc1C. The van der Waals surface area contributed by atoms with Crippen molar-refractivity contribution in [1.82, 2.24) is 15.3 Å². The van der Waals surface area contributed by atoms with Crippen LogP contribution in [0.2, 0.25) is 0 Å². The lowest BCUT2D eigenvalue weighted by Gasteiger charge is -1.92. The molecule has 23 heavy (non-hydrogen) atoms. The molecular formula is C15H12N4O2S2. The van der Waals surface area contributed by atoms with Crippen molar-refractivity contribution in [2.45, 2.75) is 13.8 Å². The Bertz CT molecular complexity index is 840. The molecule has 116 valence electrons. The van der Waals surface area contributed by atoms with Crippen LogP contribution in [-0.2, 0) is 4.79 Å². The third-order valence-corrected chi connectivity index (χ3v) is 5.00. The second-order valence-electron chi connectivity index (χ2n) is 4.74. The minimum absolute atomic E-state index is 0.0354. The van der Waals surface area contributed by atoms with E-state index in [1.807, 2.05) is 6.07 Å². The van der Waals surface area contributed by atoms with E-state index in [0.717, 1.165) is 5.56 Å². The highest BCUT2D eigenvalue weighted by atomic mass is 32.2. The number of aryl methyl sites for hydroxylation is 1. The van der Waals surface area contributed by atoms with E-state index in [9.17, 15) is 9.59 Å². The summed E-state index contributed by atoms with van der Waals surface area (Å²) in [6, 6.07) is 3.67. The molecule has 1 N–H and O–H groups in total. The summed E-state index contributed by atoms with van der Waals surface area (Å²) in [4.78, 5) is 37.1. The standard InChI is InChI=1S/C15H12N4O2S2/c1-8-12(9(2)20)23-14(17-8)19-15-18-13(21)11(22-15)6-10-4-3-5-16-7-10/h3-7H,1-2H3,(H,17,18,19,21)/b11-6-. The fraction of sp³-hybridized carbons (Fsp3) is 0.133. The van der Waals surface area contributed by atoms with Crippen molar-refractivity contribution < 1.29 is 9.59 Å². The Morgan fingerprint density at radius 1 is 1.43 bits per heavy atom. The van der Waals surface area contributed by atoms with Crippen LogP contribution in [0.5, 0.6) is 0 Å². The van der Waals surface area contributed by atoms with Crippen LogP contribution in [0.4, 0.5) is 5.13 Å². The maximum absolute atomic E-state index is 12.0. The number of amides is 1. The molecule has 0 unspecified atom stereocenters. The molecule has 8 heteroatoms. The summed E-state index contributed by atoms with van der Waals surface area (Å²) in [6.45, 7) is 3.27. The third-order valence-electron chi connectivity index (χ3n) is 2.94. The number of nitrogens with zero attached hydrogens (tertiary/aromatic N) is 3. The predicted molar refractivity (Wildman–Crippen MR) is 91.9 cm³/mol. The van der Waals surface area contributed by atoms with Crippen LogP contribution in [0.15, 0.2) is 34.4 Å². The lowest BCUT2D eigenvalue weighted by atomic mass is 10.2. The summed E-state index contributed by atoms with van der Waals surface area (Å²) >= 11 is 2.46. The molecule has 0 radical (unpaired) electrons. The zero-order valence-corrected chi connectivity index (χ0v) is 14.0. The van der Waals surface area contributed by atoms with E-state index in [1.54, 1.807) is 31.5 Å². The van der Waals surface area contributed by atoms with Gasteiger partial charge in [0.05, 0.1) is 15.5 Å². The van der Waals surface area contributed by atoms with Gasteiger partial charge in [0.2, 0.25) is 5.13 Å². The topological polar surface area (TPSA) is 84.3 Å². The van der Waals surface area contributed by atoms with Crippen LogP contribution in [0.3, 0.4) is 0 Å². The number of thiazole rings is 1. The van der Waals surface area contributed by atoms with Crippen LogP contribution in [-0.4, -0.2) is 26.8 Å². The number of aliphatic imine (C=N–C) groups is 1. The molecule has 2 aromatic rings. The van der Waals surface area contributed by atoms with Crippen molar-refractivity contribution in [3.63, 3.8) is 0 Å². The lowest BCUT2D eigenvalue weighted by Crippen LogP contribution is -2.19. The van der Waals surface area contributed by atoms with E-state index in [4.69, 9.17) is 0 Å². The van der Waals surface area contributed by atoms with Gasteiger partial charge in [0.15, 0.2) is 11.0 Å². The van der Waals surface area contributed by atoms with Gasteiger partial charge in [-0.1, -0.05) is 17.4 Å². The lowest BCUT2D eigenvalue weighted by molar-refractivity contribution is -0.115. The molecule has 1 fully saturated rings. The Kier molecular flexibility index (Phi) is 4.35. The number of rotatable bonds is 3. The van der Waals surface area contributed by atoms with E-state index in [0.29, 0.717) is 25.8 Å². The van der Waals surface area contributed by atoms with E-state index in [1.165, 1.54) is 30.0 Å². The predicted octanol–water partition coefficient (Wildman–Crippen LogP) is 2.94. The smallest absolute Gasteiger partial charge is 0.264 e. The largest absolute Gasteiger partial charge is 0.300 e. The summed E-state index contributed by atoms with van der Waals surface area (Å²) in [5.41, 5.74) is 1.50. The van der Waals surface area contributed by atoms with Gasteiger partial charge in [0.1, 0.15) is 0 Å². The van der Waals surface area contributed by atoms with Crippen molar-refractivity contribution in [1.29, 1.82) is 0 Å². The Balaban J connectivity index is 1.83. The quantitative estimate of drug-likeness (QED) is 0.683. The number of carbonyl (C=O) groups is 2. The Morgan fingerprint density at radius 2 is 2.26 bits per heavy atom. The molecule has 1 saturated heterocycles. The van der Waals surface area contributed by atoms with Gasteiger partial charge < -0.3 is 5.32 Å². The van der Waals surface area contributed by atoms with Gasteiger partial charge in [-0.3, -0.25) is 14.6 Å². The minimum Gasteiger partial charge on any atom is -0.300 e. The number of ketones is 1. The van der Waals surface area contributed by atoms with Crippen LogP contribution >= 0.6 is 23.1 Å². The van der Waals surface area contributed by atoms with Gasteiger partial charge in [-0.05, 0) is 36.4 Å². The minimum atomic E-state index is -0.210. The van der Waals surface area contributed by atoms with Gasteiger partial charge in [0.25, 0.3) is 5.91 Å². The summed E-state index contributed by atoms with van der Waals surface area (Å²) in [7, 11) is 0. The first-order valence-electron chi connectivity index (χ1n) is 6.71. The van der Waals surface area contributed by atoms with Crippen LogP contribution in [0.1, 0.15) is 27.9 Å². The van der Waals surface area contributed by atoms with Crippen molar-refractivity contribution in [2.24, 2.45) is 4.99 Å². The van der Waals surface area contributed by atoms with Gasteiger partial charge >= 0.3 is 0 Å². The molecule has 0 atom stereocenters. The number of amidine groups is 1. The Labute approximate surface area is 140 Å². The fourth-order valence-corrected chi connectivity index (χ4v) is 3.66. The monoisotopic (exact) mass is 344 g/mol. The van der Waals surface area contributed by atoms with Crippen molar-refractivity contribution in [3.8, 4) is 0 Å². The maximum atomic E-state index is 12.0. The van der Waals surface area contributed by atoms with Crippen molar-refractivity contribution in [3.05, 3.63) is 45.6 Å². The summed E-state index contributed by atoms with van der Waals surface area (Å²) in [6.07, 6.45) is 5.11. The number of nitrogens with one attached hydrogen (secondary N) is 1. The highest BCUT2D eigenvalue weighted by Gasteiger charge is 2.24. The molecule has 3 heterocycles. The van der Waals surface area contributed by atoms with Gasteiger partial charge in [-0.15, -0.1) is 0 Å². The number of aromatic nitrogens is 2. The Morgan fingerprint density at radius 3 is 2.91 bits per heavy atom. The van der Waals surface area contributed by atoms with Crippen LogP contribution < -0.4 is 5.32 Å². The van der Waals surface area contributed by atoms with Crippen molar-refractivity contribution >= 4 is 51.2 Å². The summed E-state index contributed by atoms with van der Waals surface area (Å²) in [5, 5.41) is 3.61. The first-order valence-corrected chi connectivity index (χ1v) is 8.34. The zero-order valence-electron chi connectivity index (χ0n) is 12.4. The van der Waals surface area contributed by atoms with E-state index >= 15 is 0 Å². The highest BCUT2D eigenvalue weighted by molar-refractivity contribution is 8.18. The Hall–Kier alpha value is -2.32. The van der Waals surface area contributed by atoms with Gasteiger partial charge in [-0.25, -0.2) is 4.98 Å². The van der Waals surface area contributed by atoms with Gasteiger partial charge in [-0.2, -0.15) is 4.99 Å². The fourth-order valence-electron chi connectivity index (χ4n) is 1.94. The average molecular weight is 344 g/mol. The molecule has 1 amide bonds. The molecule has 3 rings (SSSR count). The average Bonchev–Trinajstić information content (AvgIpc) is 3.03. The molecule has 1 aliphatic rings. The summed E-state index contributed by atoms with van der Waals surface area (Å²) < 4.78 is 0. The maximum Gasteiger partial charge on any atom is 0.264 e. The normalized spacial score (nSPS) is 17.7. The number of carbonyl (C=O) groups excluding carboxylic acids is 2. The molecule has 1 aliphatic heterocycles. The number of thioether (sulfide) groups is 1. The number of pyridine rings is 1. The molecular weight excluding hydrogens is 332 g/mol. The molecule has 0 saturated carbocycles. The first kappa shape index (κ1) is 15.6. The van der Waals surface area contributed by atoms with Crippen molar-refractivity contribution in [2.75, 3.05) is 0 Å². The molecule has 6 nitrogen and oxygen atoms in total. The number of hydrogen-bond acceptors (Lipinski definition) is 7. The number of hydrogen-bond donors (Lipinski definition) is 1. The highest BCUT2D eigenvalue weighted by Crippen LogP contribution is 2.30. The number of Topliss-reactive ketones (excluding diaryl/α,β-unsaturated/α-hetero) is 1.